The van der Waals surface area contributed by atoms with Gasteiger partial charge in [0.1, 0.15) is 0 Å². The van der Waals surface area contributed by atoms with Crippen LogP contribution in [0.25, 0.3) is 5.57 Å². The largest absolute Gasteiger partial charge is 0.330 e. The minimum absolute atomic E-state index is 0.697. The summed E-state index contributed by atoms with van der Waals surface area (Å²) in [6.07, 6.45) is 4.66. The number of hydrogen-bond donors (Lipinski definition) is 1. The lowest BCUT2D eigenvalue weighted by atomic mass is 9.96. The molecule has 0 radical (unpaired) electrons. The summed E-state index contributed by atoms with van der Waals surface area (Å²) < 4.78 is 0. The Balaban J connectivity index is 2.34. The molecule has 0 bridgehead atoms. The van der Waals surface area contributed by atoms with Crippen molar-refractivity contribution in [1.82, 2.24) is 0 Å². The Hall–Kier alpha value is -1.08. The third kappa shape index (κ3) is 1.60. The lowest BCUT2D eigenvalue weighted by Crippen LogP contribution is -2.01. The van der Waals surface area contributed by atoms with E-state index >= 15 is 0 Å². The van der Waals surface area contributed by atoms with Crippen molar-refractivity contribution in [2.75, 3.05) is 6.54 Å². The molecule has 1 nitrogen and oxygen atoms in total. The number of rotatable bonds is 3. The Bertz CT molecular complexity index is 352. The van der Waals surface area contributed by atoms with E-state index in [1.807, 2.05) is 0 Å². The molecule has 0 spiro atoms. The van der Waals surface area contributed by atoms with Crippen molar-refractivity contribution in [3.63, 3.8) is 0 Å². The van der Waals surface area contributed by atoms with Gasteiger partial charge in [-0.3, -0.25) is 0 Å². The molecule has 0 saturated carbocycles. The highest BCUT2D eigenvalue weighted by atomic mass is 14.5. The summed E-state index contributed by atoms with van der Waals surface area (Å²) in [5.74, 6) is 0. The second-order valence-electron chi connectivity index (χ2n) is 3.94. The highest BCUT2D eigenvalue weighted by molar-refractivity contribution is 5.68. The van der Waals surface area contributed by atoms with Crippen molar-refractivity contribution in [3.8, 4) is 0 Å². The molecule has 1 aliphatic rings. The van der Waals surface area contributed by atoms with Gasteiger partial charge in [-0.25, -0.2) is 0 Å². The Kier molecular flexibility index (Phi) is 2.69. The number of benzene rings is 1. The van der Waals surface area contributed by atoms with Gasteiger partial charge < -0.3 is 5.73 Å². The Morgan fingerprint density at radius 1 is 1.36 bits per heavy atom. The molecule has 1 heteroatoms. The van der Waals surface area contributed by atoms with Gasteiger partial charge in [-0.2, -0.15) is 0 Å². The van der Waals surface area contributed by atoms with Crippen LogP contribution in [0.3, 0.4) is 0 Å². The fourth-order valence-corrected chi connectivity index (χ4v) is 2.26. The minimum Gasteiger partial charge on any atom is -0.330 e. The summed E-state index contributed by atoms with van der Waals surface area (Å²) in [7, 11) is 0. The molecule has 0 fully saturated rings. The molecular weight excluding hydrogens is 170 g/mol. The van der Waals surface area contributed by atoms with Gasteiger partial charge in [0.2, 0.25) is 0 Å². The van der Waals surface area contributed by atoms with Crippen molar-refractivity contribution in [3.05, 3.63) is 41.5 Å². The summed E-state index contributed by atoms with van der Waals surface area (Å²) in [6, 6.07) is 6.56. The number of fused-ring (bicyclic) bond motifs is 1. The first-order valence-electron chi connectivity index (χ1n) is 5.32. The molecule has 0 aliphatic heterocycles. The van der Waals surface area contributed by atoms with Gasteiger partial charge in [-0.05, 0) is 54.5 Å². The Labute approximate surface area is 85.6 Å². The lowest BCUT2D eigenvalue weighted by Gasteiger charge is -2.10. The quantitative estimate of drug-likeness (QED) is 0.773. The van der Waals surface area contributed by atoms with E-state index in [4.69, 9.17) is 5.73 Å². The number of hydrogen-bond acceptors (Lipinski definition) is 1. The molecule has 0 aromatic heterocycles. The van der Waals surface area contributed by atoms with Gasteiger partial charge in [0.05, 0.1) is 0 Å². The van der Waals surface area contributed by atoms with Crippen LogP contribution < -0.4 is 5.73 Å². The van der Waals surface area contributed by atoms with Crippen LogP contribution in [0.15, 0.2) is 24.8 Å². The van der Waals surface area contributed by atoms with E-state index in [0.29, 0.717) is 6.54 Å². The van der Waals surface area contributed by atoms with Crippen LogP contribution in [0.4, 0.5) is 0 Å². The first-order chi connectivity index (χ1) is 6.83. The van der Waals surface area contributed by atoms with E-state index < -0.39 is 0 Å². The van der Waals surface area contributed by atoms with Crippen LogP contribution in [0.2, 0.25) is 0 Å². The maximum atomic E-state index is 5.55. The van der Waals surface area contributed by atoms with E-state index in [1.165, 1.54) is 41.5 Å². The normalized spacial score (nSPS) is 14.1. The SMILES string of the molecule is C=C(CCN)c1cccc2c1CCC2. The zero-order chi connectivity index (χ0) is 9.97. The van der Waals surface area contributed by atoms with E-state index in [2.05, 4.69) is 24.8 Å². The highest BCUT2D eigenvalue weighted by Crippen LogP contribution is 2.29. The van der Waals surface area contributed by atoms with Gasteiger partial charge in [0.15, 0.2) is 0 Å². The van der Waals surface area contributed by atoms with Gasteiger partial charge >= 0.3 is 0 Å². The third-order valence-corrected chi connectivity index (χ3v) is 2.97. The Morgan fingerprint density at radius 3 is 3.00 bits per heavy atom. The predicted molar refractivity (Wildman–Crippen MR) is 61.2 cm³/mol. The van der Waals surface area contributed by atoms with Crippen LogP contribution >= 0.6 is 0 Å². The van der Waals surface area contributed by atoms with Crippen molar-refractivity contribution in [1.29, 1.82) is 0 Å². The summed E-state index contributed by atoms with van der Waals surface area (Å²) >= 11 is 0. The second-order valence-corrected chi connectivity index (χ2v) is 3.94. The fourth-order valence-electron chi connectivity index (χ4n) is 2.26. The van der Waals surface area contributed by atoms with Gasteiger partial charge in [0, 0.05) is 0 Å². The zero-order valence-corrected chi connectivity index (χ0v) is 8.55. The molecule has 0 atom stereocenters. The number of nitrogens with two attached hydrogens (primary N) is 1. The molecule has 0 saturated heterocycles. The monoisotopic (exact) mass is 187 g/mol. The standard InChI is InChI=1S/C13H17N/c1-10(8-9-14)12-6-2-4-11-5-3-7-13(11)12/h2,4,6H,1,3,5,7-9,14H2. The molecule has 1 aromatic rings. The van der Waals surface area contributed by atoms with Gasteiger partial charge in [-0.1, -0.05) is 24.8 Å². The zero-order valence-electron chi connectivity index (χ0n) is 8.55. The summed E-state index contributed by atoms with van der Waals surface area (Å²) in [5, 5.41) is 0. The molecule has 74 valence electrons. The first kappa shape index (κ1) is 9.47. The van der Waals surface area contributed by atoms with Crippen molar-refractivity contribution >= 4 is 5.57 Å². The van der Waals surface area contributed by atoms with Crippen molar-refractivity contribution in [2.24, 2.45) is 5.73 Å². The van der Waals surface area contributed by atoms with Crippen molar-refractivity contribution in [2.45, 2.75) is 25.7 Å². The maximum Gasteiger partial charge on any atom is -0.00367 e. The highest BCUT2D eigenvalue weighted by Gasteiger charge is 2.14. The van der Waals surface area contributed by atoms with Gasteiger partial charge in [0.25, 0.3) is 0 Å². The average Bonchev–Trinajstić information content (AvgIpc) is 2.65. The lowest BCUT2D eigenvalue weighted by molar-refractivity contribution is 0.910. The molecule has 0 amide bonds. The molecule has 0 heterocycles. The molecule has 2 N–H and O–H groups in total. The fraction of sp³-hybridized carbons (Fsp3) is 0.385. The predicted octanol–water partition coefficient (Wildman–Crippen LogP) is 2.54. The Morgan fingerprint density at radius 2 is 2.21 bits per heavy atom. The molecule has 1 aromatic carbocycles. The van der Waals surface area contributed by atoms with Crippen LogP contribution in [0.1, 0.15) is 29.5 Å². The summed E-state index contributed by atoms with van der Waals surface area (Å²) in [4.78, 5) is 0. The topological polar surface area (TPSA) is 26.0 Å². The van der Waals surface area contributed by atoms with Crippen LogP contribution in [-0.4, -0.2) is 6.54 Å². The van der Waals surface area contributed by atoms with E-state index in [0.717, 1.165) is 6.42 Å². The van der Waals surface area contributed by atoms with Crippen LogP contribution in [-0.2, 0) is 12.8 Å². The summed E-state index contributed by atoms with van der Waals surface area (Å²) in [6.45, 7) is 4.81. The summed E-state index contributed by atoms with van der Waals surface area (Å²) in [5.41, 5.74) is 11.1. The van der Waals surface area contributed by atoms with Crippen LogP contribution in [0.5, 0.6) is 0 Å². The van der Waals surface area contributed by atoms with Crippen molar-refractivity contribution < 1.29 is 0 Å². The maximum absolute atomic E-state index is 5.55. The minimum atomic E-state index is 0.697. The molecule has 0 unspecified atom stereocenters. The van der Waals surface area contributed by atoms with E-state index in [1.54, 1.807) is 0 Å². The third-order valence-electron chi connectivity index (χ3n) is 2.97. The second kappa shape index (κ2) is 3.97. The molecule has 2 rings (SSSR count). The first-order valence-corrected chi connectivity index (χ1v) is 5.32. The number of aryl methyl sites for hydroxylation is 1. The average molecular weight is 187 g/mol. The van der Waals surface area contributed by atoms with Crippen LogP contribution in [0, 0.1) is 0 Å². The molecular formula is C13H17N. The molecule has 1 aliphatic carbocycles. The molecule has 14 heavy (non-hydrogen) atoms. The van der Waals surface area contributed by atoms with E-state index in [-0.39, 0.29) is 0 Å². The van der Waals surface area contributed by atoms with Gasteiger partial charge in [-0.15, -0.1) is 0 Å². The van der Waals surface area contributed by atoms with E-state index in [9.17, 15) is 0 Å². The smallest absolute Gasteiger partial charge is 0.00367 e.